The molecule has 1 atom stereocenters. The third-order valence-corrected chi connectivity index (χ3v) is 3.19. The van der Waals surface area contributed by atoms with Crippen molar-refractivity contribution in [1.82, 2.24) is 0 Å². The van der Waals surface area contributed by atoms with E-state index in [4.69, 9.17) is 9.47 Å². The summed E-state index contributed by atoms with van der Waals surface area (Å²) in [5.74, 6) is 0.950. The average Bonchev–Trinajstić information content (AvgIpc) is 2.49. The minimum atomic E-state index is -0.389. The monoisotopic (exact) mass is 291 g/mol. The van der Waals surface area contributed by atoms with E-state index in [1.165, 1.54) is 18.2 Å². The molecule has 0 fully saturated rings. The van der Waals surface area contributed by atoms with Crippen LogP contribution in [0.2, 0.25) is 0 Å². The average molecular weight is 291 g/mol. The third kappa shape index (κ3) is 3.56. The van der Waals surface area contributed by atoms with Crippen molar-refractivity contribution in [3.8, 4) is 17.2 Å². The molecule has 2 N–H and O–H groups in total. The Kier molecular flexibility index (Phi) is 4.52. The van der Waals surface area contributed by atoms with Crippen LogP contribution in [-0.4, -0.2) is 19.3 Å². The summed E-state index contributed by atoms with van der Waals surface area (Å²) in [6.45, 7) is 1.83. The zero-order chi connectivity index (χ0) is 15.4. The van der Waals surface area contributed by atoms with Crippen LogP contribution >= 0.6 is 0 Å². The Balaban J connectivity index is 2.26. The van der Waals surface area contributed by atoms with Crippen LogP contribution in [0, 0.1) is 5.82 Å². The van der Waals surface area contributed by atoms with Crippen LogP contribution in [-0.2, 0) is 0 Å². The number of rotatable bonds is 5. The number of halogens is 1. The van der Waals surface area contributed by atoms with Gasteiger partial charge in [-0.2, -0.15) is 0 Å². The van der Waals surface area contributed by atoms with Crippen LogP contribution in [0.1, 0.15) is 18.5 Å². The highest BCUT2D eigenvalue weighted by Crippen LogP contribution is 2.31. The van der Waals surface area contributed by atoms with Crippen molar-refractivity contribution < 1.29 is 19.0 Å². The Morgan fingerprint density at radius 2 is 1.67 bits per heavy atom. The molecule has 5 heteroatoms. The Morgan fingerprint density at radius 1 is 1.05 bits per heavy atom. The summed E-state index contributed by atoms with van der Waals surface area (Å²) >= 11 is 0. The number of methoxy groups -OCH3 is 2. The van der Waals surface area contributed by atoms with Crippen molar-refractivity contribution in [2.45, 2.75) is 13.0 Å². The lowest BCUT2D eigenvalue weighted by molar-refractivity contribution is 0.394. The van der Waals surface area contributed by atoms with Gasteiger partial charge in [-0.25, -0.2) is 4.39 Å². The summed E-state index contributed by atoms with van der Waals surface area (Å²) in [6.07, 6.45) is 0. The number of phenolic OH excluding ortho intramolecular Hbond substituents is 1. The molecular formula is C16H18FNO3. The molecule has 0 spiro atoms. The number of hydrogen-bond acceptors (Lipinski definition) is 4. The highest BCUT2D eigenvalue weighted by atomic mass is 19.1. The van der Waals surface area contributed by atoms with Gasteiger partial charge in [-0.15, -0.1) is 0 Å². The fraction of sp³-hybridized carbons (Fsp3) is 0.250. The van der Waals surface area contributed by atoms with Gasteiger partial charge in [0.15, 0.2) is 0 Å². The van der Waals surface area contributed by atoms with Crippen molar-refractivity contribution in [2.75, 3.05) is 19.5 Å². The van der Waals surface area contributed by atoms with Crippen LogP contribution in [0.4, 0.5) is 10.1 Å². The van der Waals surface area contributed by atoms with Crippen molar-refractivity contribution in [3.63, 3.8) is 0 Å². The van der Waals surface area contributed by atoms with Gasteiger partial charge < -0.3 is 19.9 Å². The number of benzene rings is 2. The Labute approximate surface area is 123 Å². The maximum Gasteiger partial charge on any atom is 0.124 e. The van der Waals surface area contributed by atoms with Crippen LogP contribution < -0.4 is 14.8 Å². The fourth-order valence-corrected chi connectivity index (χ4v) is 2.09. The summed E-state index contributed by atoms with van der Waals surface area (Å²) in [5, 5.41) is 13.0. The van der Waals surface area contributed by atoms with E-state index >= 15 is 0 Å². The molecule has 0 radical (unpaired) electrons. The van der Waals surface area contributed by atoms with Crippen molar-refractivity contribution >= 4 is 5.69 Å². The predicted molar refractivity (Wildman–Crippen MR) is 79.6 cm³/mol. The van der Waals surface area contributed by atoms with Gasteiger partial charge in [0.25, 0.3) is 0 Å². The lowest BCUT2D eigenvalue weighted by Gasteiger charge is -2.18. The number of phenols is 1. The Hall–Kier alpha value is -2.43. The van der Waals surface area contributed by atoms with E-state index in [2.05, 4.69) is 5.32 Å². The molecule has 2 aromatic carbocycles. The summed E-state index contributed by atoms with van der Waals surface area (Å²) in [5.41, 5.74) is 1.24. The summed E-state index contributed by atoms with van der Waals surface area (Å²) in [4.78, 5) is 0. The first-order valence-corrected chi connectivity index (χ1v) is 6.51. The van der Waals surface area contributed by atoms with Crippen LogP contribution in [0.5, 0.6) is 17.2 Å². The molecule has 2 rings (SSSR count). The quantitative estimate of drug-likeness (QED) is 0.881. The molecular weight excluding hydrogens is 273 g/mol. The summed E-state index contributed by atoms with van der Waals surface area (Å²) < 4.78 is 23.7. The Morgan fingerprint density at radius 3 is 2.24 bits per heavy atom. The Bertz CT molecular complexity index is 609. The van der Waals surface area contributed by atoms with Crippen molar-refractivity contribution in [3.05, 3.63) is 47.8 Å². The molecule has 0 aliphatic rings. The van der Waals surface area contributed by atoms with Gasteiger partial charge in [0, 0.05) is 29.4 Å². The van der Waals surface area contributed by atoms with Crippen LogP contribution in [0.3, 0.4) is 0 Å². The lowest BCUT2D eigenvalue weighted by atomic mass is 10.1. The van der Waals surface area contributed by atoms with Gasteiger partial charge in [-0.3, -0.25) is 0 Å². The molecule has 112 valence electrons. The second kappa shape index (κ2) is 6.35. The number of nitrogens with one attached hydrogen (secondary N) is 1. The number of ether oxygens (including phenoxy) is 2. The van der Waals surface area contributed by atoms with Gasteiger partial charge in [0.05, 0.1) is 20.3 Å². The summed E-state index contributed by atoms with van der Waals surface area (Å²) in [6, 6.07) is 8.96. The van der Waals surface area contributed by atoms with E-state index < -0.39 is 0 Å². The zero-order valence-electron chi connectivity index (χ0n) is 12.2. The molecule has 21 heavy (non-hydrogen) atoms. The topological polar surface area (TPSA) is 50.7 Å². The number of hydrogen-bond donors (Lipinski definition) is 2. The molecule has 0 aliphatic carbocycles. The molecule has 0 aliphatic heterocycles. The largest absolute Gasteiger partial charge is 0.508 e. The predicted octanol–water partition coefficient (Wildman–Crippen LogP) is 3.72. The number of anilines is 1. The van der Waals surface area contributed by atoms with Gasteiger partial charge in [-0.05, 0) is 25.1 Å². The van der Waals surface area contributed by atoms with E-state index in [-0.39, 0.29) is 17.6 Å². The fourth-order valence-electron chi connectivity index (χ4n) is 2.09. The summed E-state index contributed by atoms with van der Waals surface area (Å²) in [7, 11) is 3.14. The van der Waals surface area contributed by atoms with E-state index in [1.807, 2.05) is 6.92 Å². The second-order valence-corrected chi connectivity index (χ2v) is 4.67. The first kappa shape index (κ1) is 15.0. The molecule has 2 aromatic rings. The minimum Gasteiger partial charge on any atom is -0.508 e. The highest BCUT2D eigenvalue weighted by molar-refractivity contribution is 5.55. The lowest BCUT2D eigenvalue weighted by Crippen LogP contribution is -2.07. The van der Waals surface area contributed by atoms with E-state index in [0.717, 1.165) is 5.69 Å². The molecule has 1 unspecified atom stereocenters. The zero-order valence-corrected chi connectivity index (χ0v) is 12.2. The van der Waals surface area contributed by atoms with Crippen molar-refractivity contribution in [2.24, 2.45) is 0 Å². The van der Waals surface area contributed by atoms with Gasteiger partial charge in [0.1, 0.15) is 23.1 Å². The third-order valence-electron chi connectivity index (χ3n) is 3.19. The first-order chi connectivity index (χ1) is 10.0. The minimum absolute atomic E-state index is 0.0475. The number of aromatic hydroxyl groups is 1. The molecule has 0 heterocycles. The van der Waals surface area contributed by atoms with Crippen molar-refractivity contribution in [1.29, 1.82) is 0 Å². The van der Waals surface area contributed by atoms with E-state index in [9.17, 15) is 9.50 Å². The maximum atomic E-state index is 13.3. The van der Waals surface area contributed by atoms with E-state index in [1.54, 1.807) is 32.4 Å². The highest BCUT2D eigenvalue weighted by Gasteiger charge is 2.12. The maximum absolute atomic E-state index is 13.3. The SMILES string of the molecule is COc1cc(NC(C)c2cc(F)ccc2O)cc(OC)c1. The first-order valence-electron chi connectivity index (χ1n) is 6.51. The molecule has 0 aromatic heterocycles. The van der Waals surface area contributed by atoms with Gasteiger partial charge in [0.2, 0.25) is 0 Å². The molecule has 0 bridgehead atoms. The molecule has 4 nitrogen and oxygen atoms in total. The second-order valence-electron chi connectivity index (χ2n) is 4.67. The normalized spacial score (nSPS) is 11.8. The smallest absolute Gasteiger partial charge is 0.124 e. The molecule has 0 amide bonds. The van der Waals surface area contributed by atoms with Crippen LogP contribution in [0.15, 0.2) is 36.4 Å². The molecule has 0 saturated heterocycles. The van der Waals surface area contributed by atoms with Gasteiger partial charge >= 0.3 is 0 Å². The van der Waals surface area contributed by atoms with E-state index in [0.29, 0.717) is 17.1 Å². The standard InChI is InChI=1S/C16H18FNO3/c1-10(15-6-11(17)4-5-16(15)19)18-12-7-13(20-2)9-14(8-12)21-3/h4-10,18-19H,1-3H3. The van der Waals surface area contributed by atoms with Crippen LogP contribution in [0.25, 0.3) is 0 Å². The van der Waals surface area contributed by atoms with Gasteiger partial charge in [-0.1, -0.05) is 0 Å². The molecule has 0 saturated carbocycles.